The Bertz CT molecular complexity index is 1110. The highest BCUT2D eigenvalue weighted by Crippen LogP contribution is 2.40. The van der Waals surface area contributed by atoms with Crippen molar-refractivity contribution in [2.24, 2.45) is 11.3 Å². The molecule has 0 bridgehead atoms. The number of nitrogens with two attached hydrogens (primary N) is 1. The molecule has 1 aliphatic carbocycles. The van der Waals surface area contributed by atoms with E-state index in [4.69, 9.17) is 5.73 Å². The summed E-state index contributed by atoms with van der Waals surface area (Å²) >= 11 is 0. The first-order chi connectivity index (χ1) is 14.8. The first-order valence-electron chi connectivity index (χ1n) is 10.9. The maximum atomic E-state index is 10.2. The third-order valence-corrected chi connectivity index (χ3v) is 6.41. The number of nitrogen functional groups attached to an aromatic ring is 1. The Labute approximate surface area is 182 Å². The molecular weight excluding hydrogens is 388 g/mol. The molecule has 2 aromatic heterocycles. The largest absolute Gasteiger partial charge is 0.399 e. The highest BCUT2D eigenvalue weighted by Gasteiger charge is 2.35. The van der Waals surface area contributed by atoms with Gasteiger partial charge in [0.2, 0.25) is 5.95 Å². The number of benzene rings is 1. The number of hydrogen-bond donors (Lipinski definition) is 4. The van der Waals surface area contributed by atoms with Gasteiger partial charge in [-0.3, -0.25) is 0 Å². The highest BCUT2D eigenvalue weighted by atomic mass is 16.3. The first kappa shape index (κ1) is 21.1. The van der Waals surface area contributed by atoms with E-state index in [0.717, 1.165) is 60.1 Å². The van der Waals surface area contributed by atoms with Crippen LogP contribution in [0.5, 0.6) is 0 Å². The average molecular weight is 419 g/mol. The van der Waals surface area contributed by atoms with E-state index in [1.54, 1.807) is 6.20 Å². The summed E-state index contributed by atoms with van der Waals surface area (Å²) in [6.07, 6.45) is 5.55. The van der Waals surface area contributed by atoms with Gasteiger partial charge in [-0.15, -0.1) is 0 Å². The molecule has 0 spiro atoms. The number of nitrogens with zero attached hydrogens (tertiary/aromatic N) is 3. The molecule has 2 atom stereocenters. The van der Waals surface area contributed by atoms with Gasteiger partial charge in [-0.1, -0.05) is 13.8 Å². The summed E-state index contributed by atoms with van der Waals surface area (Å²) in [5, 5.41) is 24.1. The van der Waals surface area contributed by atoms with Gasteiger partial charge < -0.3 is 21.1 Å². The molecular formula is C24H30N6O. The molecule has 1 unspecified atom stereocenters. The number of aliphatic hydroxyl groups is 1. The summed E-state index contributed by atoms with van der Waals surface area (Å²) in [4.78, 5) is 12.4. The lowest BCUT2D eigenvalue weighted by atomic mass is 9.69. The molecule has 0 amide bonds. The number of anilines is 2. The second-order valence-electron chi connectivity index (χ2n) is 9.34. The van der Waals surface area contributed by atoms with E-state index in [1.165, 1.54) is 0 Å². The van der Waals surface area contributed by atoms with Crippen LogP contribution in [0.4, 0.5) is 11.6 Å². The molecule has 0 saturated heterocycles. The lowest BCUT2D eigenvalue weighted by Crippen LogP contribution is -2.37. The minimum Gasteiger partial charge on any atom is -0.399 e. The predicted molar refractivity (Wildman–Crippen MR) is 122 cm³/mol. The van der Waals surface area contributed by atoms with E-state index in [0.29, 0.717) is 24.0 Å². The molecule has 0 aliphatic heterocycles. The number of aromatic nitrogens is 3. The zero-order valence-corrected chi connectivity index (χ0v) is 18.2. The van der Waals surface area contributed by atoms with Crippen molar-refractivity contribution in [3.05, 3.63) is 47.4 Å². The molecule has 7 nitrogen and oxygen atoms in total. The number of rotatable bonds is 6. The summed E-state index contributed by atoms with van der Waals surface area (Å²) in [7, 11) is 0. The molecule has 4 rings (SSSR count). The Hall–Kier alpha value is -3.11. The van der Waals surface area contributed by atoms with Gasteiger partial charge in [-0.05, 0) is 61.3 Å². The fourth-order valence-corrected chi connectivity index (χ4v) is 4.62. The number of nitrogens with one attached hydrogen (secondary N) is 2. The lowest BCUT2D eigenvalue weighted by molar-refractivity contribution is -0.00748. The fourth-order valence-electron chi connectivity index (χ4n) is 4.62. The third kappa shape index (κ3) is 4.80. The maximum absolute atomic E-state index is 10.2. The number of hydrogen-bond acceptors (Lipinski definition) is 6. The van der Waals surface area contributed by atoms with Gasteiger partial charge in [0, 0.05) is 35.2 Å². The van der Waals surface area contributed by atoms with E-state index in [9.17, 15) is 10.4 Å². The van der Waals surface area contributed by atoms with E-state index < -0.39 is 0 Å². The van der Waals surface area contributed by atoms with Gasteiger partial charge in [-0.2, -0.15) is 5.26 Å². The second-order valence-corrected chi connectivity index (χ2v) is 9.34. The quantitative estimate of drug-likeness (QED) is 0.452. The predicted octanol–water partition coefficient (Wildman–Crippen LogP) is 3.80. The minimum atomic E-state index is -0.261. The SMILES string of the molecule is CC1(C)C[C@H](Cc2nc(NCCc3cc4cc(N)ccc4[nH]3)ncc2C#N)CCC1O. The van der Waals surface area contributed by atoms with E-state index in [1.807, 2.05) is 18.2 Å². The summed E-state index contributed by atoms with van der Waals surface area (Å²) < 4.78 is 0. The number of H-pyrrole nitrogens is 1. The molecule has 31 heavy (non-hydrogen) atoms. The van der Waals surface area contributed by atoms with Crippen LogP contribution in [-0.4, -0.2) is 32.7 Å². The van der Waals surface area contributed by atoms with Crippen LogP contribution in [0.15, 0.2) is 30.5 Å². The fraction of sp³-hybridized carbons (Fsp3) is 0.458. The Kier molecular flexibility index (Phi) is 5.84. The van der Waals surface area contributed by atoms with Gasteiger partial charge in [0.1, 0.15) is 6.07 Å². The summed E-state index contributed by atoms with van der Waals surface area (Å²) in [5.41, 5.74) is 10.0. The second kappa shape index (κ2) is 8.56. The van der Waals surface area contributed by atoms with E-state index in [-0.39, 0.29) is 11.5 Å². The van der Waals surface area contributed by atoms with Crippen LogP contribution in [0, 0.1) is 22.7 Å². The zero-order chi connectivity index (χ0) is 22.0. The Morgan fingerprint density at radius 3 is 2.94 bits per heavy atom. The van der Waals surface area contributed by atoms with Gasteiger partial charge in [0.05, 0.1) is 23.6 Å². The number of nitriles is 1. The summed E-state index contributed by atoms with van der Waals surface area (Å²) in [6, 6.07) is 10.2. The van der Waals surface area contributed by atoms with Crippen molar-refractivity contribution in [3.63, 3.8) is 0 Å². The summed E-state index contributed by atoms with van der Waals surface area (Å²) in [5.74, 6) is 0.955. The van der Waals surface area contributed by atoms with E-state index >= 15 is 0 Å². The highest BCUT2D eigenvalue weighted by molar-refractivity contribution is 5.83. The van der Waals surface area contributed by atoms with Crippen LogP contribution in [-0.2, 0) is 12.8 Å². The van der Waals surface area contributed by atoms with Crippen LogP contribution >= 0.6 is 0 Å². The van der Waals surface area contributed by atoms with Crippen LogP contribution in [0.1, 0.15) is 50.1 Å². The van der Waals surface area contributed by atoms with E-state index in [2.05, 4.69) is 46.3 Å². The Morgan fingerprint density at radius 2 is 2.16 bits per heavy atom. The molecule has 162 valence electrons. The molecule has 3 aromatic rings. The van der Waals surface area contributed by atoms with Crippen LogP contribution in [0.3, 0.4) is 0 Å². The van der Waals surface area contributed by atoms with Crippen molar-refractivity contribution in [1.29, 1.82) is 5.26 Å². The van der Waals surface area contributed by atoms with Crippen molar-refractivity contribution in [3.8, 4) is 6.07 Å². The monoisotopic (exact) mass is 418 g/mol. The van der Waals surface area contributed by atoms with Gasteiger partial charge >= 0.3 is 0 Å². The van der Waals surface area contributed by atoms with Gasteiger partial charge in [0.25, 0.3) is 0 Å². The molecule has 7 heteroatoms. The molecule has 1 aromatic carbocycles. The maximum Gasteiger partial charge on any atom is 0.222 e. The van der Waals surface area contributed by atoms with Gasteiger partial charge in [0.15, 0.2) is 0 Å². The molecule has 1 saturated carbocycles. The smallest absolute Gasteiger partial charge is 0.222 e. The number of aliphatic hydroxyl groups excluding tert-OH is 1. The standard InChI is InChI=1S/C24H30N6O/c1-24(2)12-15(3-6-22(24)31)9-21-17(13-25)14-28-23(30-21)27-8-7-19-11-16-10-18(26)4-5-20(16)29-19/h4-5,10-11,14-15,22,29,31H,3,6-9,12,26H2,1-2H3,(H,27,28,30)/t15-,22?/m0/s1. The van der Waals surface area contributed by atoms with Crippen LogP contribution < -0.4 is 11.1 Å². The Balaban J connectivity index is 1.40. The van der Waals surface area contributed by atoms with Crippen molar-refractivity contribution in [2.75, 3.05) is 17.6 Å². The molecule has 5 N–H and O–H groups in total. The van der Waals surface area contributed by atoms with Crippen molar-refractivity contribution < 1.29 is 5.11 Å². The summed E-state index contributed by atoms with van der Waals surface area (Å²) in [6.45, 7) is 4.90. The lowest BCUT2D eigenvalue weighted by Gasteiger charge is -2.39. The third-order valence-electron chi connectivity index (χ3n) is 6.41. The Morgan fingerprint density at radius 1 is 1.32 bits per heavy atom. The molecule has 1 aliphatic rings. The number of aromatic amines is 1. The first-order valence-corrected chi connectivity index (χ1v) is 10.9. The van der Waals surface area contributed by atoms with Crippen molar-refractivity contribution in [2.45, 2.75) is 52.1 Å². The van der Waals surface area contributed by atoms with Crippen LogP contribution in [0.25, 0.3) is 10.9 Å². The topological polar surface area (TPSA) is 124 Å². The molecule has 2 heterocycles. The van der Waals surface area contributed by atoms with Crippen LogP contribution in [0.2, 0.25) is 0 Å². The minimum absolute atomic E-state index is 0.103. The molecule has 0 radical (unpaired) electrons. The molecule has 1 fully saturated rings. The normalized spacial score (nSPS) is 20.5. The van der Waals surface area contributed by atoms with Crippen molar-refractivity contribution in [1.82, 2.24) is 15.0 Å². The average Bonchev–Trinajstić information content (AvgIpc) is 3.12. The zero-order valence-electron chi connectivity index (χ0n) is 18.2. The van der Waals surface area contributed by atoms with Crippen molar-refractivity contribution >= 4 is 22.5 Å². The van der Waals surface area contributed by atoms with Gasteiger partial charge in [-0.25, -0.2) is 9.97 Å². The number of fused-ring (bicyclic) bond motifs is 1.